The second-order valence-electron chi connectivity index (χ2n) is 2.43. The molecular formula is C6H11N3O. The van der Waals surface area contributed by atoms with Gasteiger partial charge in [0.15, 0.2) is 0 Å². The number of nitrogens with zero attached hydrogens (tertiary/aromatic N) is 3. The second-order valence-corrected chi connectivity index (χ2v) is 2.43. The minimum Gasteiger partial charge on any atom is -0.411 e. The van der Waals surface area contributed by atoms with Crippen LogP contribution < -0.4 is 4.90 Å². The second kappa shape index (κ2) is 2.68. The average Bonchev–Trinajstić information content (AvgIpc) is 2.36. The quantitative estimate of drug-likeness (QED) is 0.614. The molecule has 0 bridgehead atoms. The minimum absolute atomic E-state index is 0.389. The lowest BCUT2D eigenvalue weighted by atomic mass is 10.4. The van der Waals surface area contributed by atoms with Crippen LogP contribution >= 0.6 is 0 Å². The molecule has 1 aromatic heterocycles. The summed E-state index contributed by atoms with van der Waals surface area (Å²) in [4.78, 5) is 1.91. The van der Waals surface area contributed by atoms with Crippen LogP contribution in [0.1, 0.15) is 13.8 Å². The highest BCUT2D eigenvalue weighted by atomic mass is 16.4. The van der Waals surface area contributed by atoms with Crippen LogP contribution in [0.15, 0.2) is 10.8 Å². The van der Waals surface area contributed by atoms with Crippen LogP contribution in [0.2, 0.25) is 0 Å². The summed E-state index contributed by atoms with van der Waals surface area (Å²) in [6.07, 6.45) is 1.33. The summed E-state index contributed by atoms with van der Waals surface area (Å²) in [5.74, 6) is 0. The van der Waals surface area contributed by atoms with Gasteiger partial charge in [0.25, 0.3) is 0 Å². The number of hydrogen-bond donors (Lipinski definition) is 0. The molecule has 10 heavy (non-hydrogen) atoms. The fraction of sp³-hybridized carbons (Fsp3) is 0.667. The molecule has 0 spiro atoms. The Labute approximate surface area is 59.9 Å². The minimum atomic E-state index is 0.389. The number of aromatic nitrogens is 2. The third kappa shape index (κ3) is 1.26. The Balaban J connectivity index is 2.68. The van der Waals surface area contributed by atoms with Crippen molar-refractivity contribution >= 4 is 6.01 Å². The molecule has 0 aliphatic rings. The van der Waals surface area contributed by atoms with Crippen LogP contribution in [0, 0.1) is 0 Å². The molecule has 0 aliphatic heterocycles. The molecule has 0 saturated carbocycles. The Bertz CT molecular complexity index is 183. The van der Waals surface area contributed by atoms with Gasteiger partial charge in [0.2, 0.25) is 6.39 Å². The predicted molar refractivity (Wildman–Crippen MR) is 37.8 cm³/mol. The Morgan fingerprint density at radius 2 is 2.30 bits per heavy atom. The van der Waals surface area contributed by atoms with Gasteiger partial charge in [0, 0.05) is 13.1 Å². The largest absolute Gasteiger partial charge is 0.411 e. The molecule has 4 nitrogen and oxygen atoms in total. The highest BCUT2D eigenvalue weighted by molar-refractivity contribution is 5.21. The Morgan fingerprint density at radius 1 is 1.60 bits per heavy atom. The number of hydrogen-bond acceptors (Lipinski definition) is 4. The lowest BCUT2D eigenvalue weighted by molar-refractivity contribution is 0.527. The van der Waals surface area contributed by atoms with Gasteiger partial charge in [0.1, 0.15) is 0 Å². The molecule has 0 N–H and O–H groups in total. The lowest BCUT2D eigenvalue weighted by Gasteiger charge is -2.17. The first kappa shape index (κ1) is 7.05. The maximum absolute atomic E-state index is 4.96. The summed E-state index contributed by atoms with van der Waals surface area (Å²) in [7, 11) is 1.91. The first-order chi connectivity index (χ1) is 4.72. The van der Waals surface area contributed by atoms with E-state index in [-0.39, 0.29) is 0 Å². The normalized spacial score (nSPS) is 10.4. The zero-order valence-corrected chi connectivity index (χ0v) is 6.40. The van der Waals surface area contributed by atoms with E-state index in [1.807, 2.05) is 11.9 Å². The first-order valence-electron chi connectivity index (χ1n) is 3.21. The fourth-order valence-corrected chi connectivity index (χ4v) is 0.542. The van der Waals surface area contributed by atoms with Crippen molar-refractivity contribution in [2.24, 2.45) is 0 Å². The molecule has 56 valence electrons. The lowest BCUT2D eigenvalue weighted by Crippen LogP contribution is -2.25. The van der Waals surface area contributed by atoms with Crippen LogP contribution in [-0.4, -0.2) is 23.3 Å². The molecule has 1 aromatic rings. The van der Waals surface area contributed by atoms with Gasteiger partial charge in [-0.3, -0.25) is 0 Å². The van der Waals surface area contributed by atoms with Crippen LogP contribution in [0.4, 0.5) is 6.01 Å². The SMILES string of the molecule is CC(C)N(C)c1nnco1. The van der Waals surface area contributed by atoms with Crippen LogP contribution in [-0.2, 0) is 0 Å². The molecule has 4 heteroatoms. The van der Waals surface area contributed by atoms with Crippen molar-refractivity contribution in [3.63, 3.8) is 0 Å². The van der Waals surface area contributed by atoms with Crippen molar-refractivity contribution < 1.29 is 4.42 Å². The molecule has 0 saturated heterocycles. The molecular weight excluding hydrogens is 130 g/mol. The van der Waals surface area contributed by atoms with Gasteiger partial charge in [-0.15, -0.1) is 5.10 Å². The van der Waals surface area contributed by atoms with Gasteiger partial charge in [-0.1, -0.05) is 5.10 Å². The summed E-state index contributed by atoms with van der Waals surface area (Å²) < 4.78 is 4.96. The summed E-state index contributed by atoms with van der Waals surface area (Å²) in [5, 5.41) is 7.31. The van der Waals surface area contributed by atoms with Crippen LogP contribution in [0.3, 0.4) is 0 Å². The summed E-state index contributed by atoms with van der Waals surface area (Å²) in [6, 6.07) is 0.954. The van der Waals surface area contributed by atoms with Crippen molar-refractivity contribution in [1.29, 1.82) is 0 Å². The molecule has 0 unspecified atom stereocenters. The van der Waals surface area contributed by atoms with E-state index in [0.717, 1.165) is 0 Å². The molecule has 0 atom stereocenters. The molecule has 1 heterocycles. The van der Waals surface area contributed by atoms with E-state index >= 15 is 0 Å². The van der Waals surface area contributed by atoms with Crippen molar-refractivity contribution in [3.8, 4) is 0 Å². The molecule has 1 rings (SSSR count). The summed E-state index contributed by atoms with van der Waals surface area (Å²) in [5.41, 5.74) is 0. The van der Waals surface area contributed by atoms with Gasteiger partial charge in [-0.2, -0.15) is 0 Å². The van der Waals surface area contributed by atoms with Crippen molar-refractivity contribution in [2.75, 3.05) is 11.9 Å². The standard InChI is InChI=1S/C6H11N3O/c1-5(2)9(3)6-8-7-4-10-6/h4-5H,1-3H3. The van der Waals surface area contributed by atoms with E-state index in [1.54, 1.807) is 0 Å². The van der Waals surface area contributed by atoms with Gasteiger partial charge in [-0.25, -0.2) is 0 Å². The number of rotatable bonds is 2. The third-order valence-corrected chi connectivity index (χ3v) is 1.42. The van der Waals surface area contributed by atoms with Crippen molar-refractivity contribution in [1.82, 2.24) is 10.2 Å². The highest BCUT2D eigenvalue weighted by Gasteiger charge is 2.08. The van der Waals surface area contributed by atoms with Crippen molar-refractivity contribution in [2.45, 2.75) is 19.9 Å². The number of anilines is 1. The predicted octanol–water partition coefficient (Wildman–Crippen LogP) is 0.914. The smallest absolute Gasteiger partial charge is 0.317 e. The molecule has 0 fully saturated rings. The van der Waals surface area contributed by atoms with E-state index < -0.39 is 0 Å². The fourth-order valence-electron chi connectivity index (χ4n) is 0.542. The Kier molecular flexibility index (Phi) is 1.89. The van der Waals surface area contributed by atoms with E-state index in [2.05, 4.69) is 24.0 Å². The first-order valence-corrected chi connectivity index (χ1v) is 3.21. The highest BCUT2D eigenvalue weighted by Crippen LogP contribution is 2.08. The van der Waals surface area contributed by atoms with Gasteiger partial charge in [0.05, 0.1) is 0 Å². The van der Waals surface area contributed by atoms with Gasteiger partial charge in [-0.05, 0) is 13.8 Å². The molecule has 0 amide bonds. The zero-order chi connectivity index (χ0) is 7.56. The maximum Gasteiger partial charge on any atom is 0.317 e. The molecule has 0 aliphatic carbocycles. The van der Waals surface area contributed by atoms with E-state index in [1.165, 1.54) is 6.39 Å². The van der Waals surface area contributed by atoms with Gasteiger partial charge < -0.3 is 9.32 Å². The van der Waals surface area contributed by atoms with E-state index in [9.17, 15) is 0 Å². The van der Waals surface area contributed by atoms with Crippen LogP contribution in [0.25, 0.3) is 0 Å². The maximum atomic E-state index is 4.96. The molecule has 0 aromatic carbocycles. The topological polar surface area (TPSA) is 42.2 Å². The average molecular weight is 141 g/mol. The monoisotopic (exact) mass is 141 g/mol. The van der Waals surface area contributed by atoms with E-state index in [0.29, 0.717) is 12.1 Å². The summed E-state index contributed by atoms with van der Waals surface area (Å²) in [6.45, 7) is 4.12. The Hall–Kier alpha value is -1.06. The van der Waals surface area contributed by atoms with Crippen LogP contribution in [0.5, 0.6) is 0 Å². The zero-order valence-electron chi connectivity index (χ0n) is 6.40. The van der Waals surface area contributed by atoms with Crippen molar-refractivity contribution in [3.05, 3.63) is 6.39 Å². The summed E-state index contributed by atoms with van der Waals surface area (Å²) >= 11 is 0. The third-order valence-electron chi connectivity index (χ3n) is 1.42. The Morgan fingerprint density at radius 3 is 2.70 bits per heavy atom. The molecule has 0 radical (unpaired) electrons. The van der Waals surface area contributed by atoms with Gasteiger partial charge >= 0.3 is 6.01 Å². The van der Waals surface area contributed by atoms with E-state index in [4.69, 9.17) is 4.42 Å².